The van der Waals surface area contributed by atoms with Gasteiger partial charge in [0.25, 0.3) is 0 Å². The molecule has 0 aliphatic carbocycles. The molecule has 18 heavy (non-hydrogen) atoms. The van der Waals surface area contributed by atoms with Gasteiger partial charge in [0.05, 0.1) is 7.11 Å². The van der Waals surface area contributed by atoms with Gasteiger partial charge >= 0.3 is 0 Å². The fraction of sp³-hybridized carbons (Fsp3) is 0.571. The highest BCUT2D eigenvalue weighted by Crippen LogP contribution is 2.30. The van der Waals surface area contributed by atoms with Crippen LogP contribution >= 0.6 is 0 Å². The maximum absolute atomic E-state index is 5.98. The Kier molecular flexibility index (Phi) is 4.31. The van der Waals surface area contributed by atoms with Crippen molar-refractivity contribution in [2.75, 3.05) is 25.9 Å². The molecule has 1 aromatic rings. The highest BCUT2D eigenvalue weighted by Gasteiger charge is 2.19. The summed E-state index contributed by atoms with van der Waals surface area (Å²) in [7, 11) is 1.64. The van der Waals surface area contributed by atoms with Gasteiger partial charge in [0.1, 0.15) is 6.23 Å². The average molecular weight is 250 g/mol. The van der Waals surface area contributed by atoms with E-state index in [-0.39, 0.29) is 6.23 Å². The number of nitrogens with two attached hydrogens (primary N) is 1. The molecule has 0 saturated carbocycles. The number of nitrogens with zero attached hydrogens (tertiary/aromatic N) is 1. The Hall–Kier alpha value is -1.42. The standard InChI is InChI=1S/C14H22N2O2/c1-11(16-8-4-3-5-9-16)18-14-10-12(15)6-7-13(14)17-2/h6-7,10-11H,3-5,8-9,15H2,1-2H3. The fourth-order valence-corrected chi connectivity index (χ4v) is 2.33. The van der Waals surface area contributed by atoms with Gasteiger partial charge in [0.15, 0.2) is 11.5 Å². The van der Waals surface area contributed by atoms with E-state index in [1.54, 1.807) is 7.11 Å². The van der Waals surface area contributed by atoms with Gasteiger partial charge in [-0.1, -0.05) is 6.42 Å². The van der Waals surface area contributed by atoms with E-state index in [1.807, 2.05) is 18.2 Å². The van der Waals surface area contributed by atoms with E-state index in [9.17, 15) is 0 Å². The SMILES string of the molecule is COc1ccc(N)cc1OC(C)N1CCCCC1. The molecular weight excluding hydrogens is 228 g/mol. The van der Waals surface area contributed by atoms with Gasteiger partial charge in [-0.25, -0.2) is 0 Å². The monoisotopic (exact) mass is 250 g/mol. The molecule has 2 rings (SSSR count). The number of piperidine rings is 1. The number of hydrogen-bond acceptors (Lipinski definition) is 4. The quantitative estimate of drug-likeness (QED) is 0.834. The van der Waals surface area contributed by atoms with Gasteiger partial charge < -0.3 is 15.2 Å². The van der Waals surface area contributed by atoms with Crippen molar-refractivity contribution in [3.8, 4) is 11.5 Å². The number of methoxy groups -OCH3 is 1. The summed E-state index contributed by atoms with van der Waals surface area (Å²) in [5.74, 6) is 1.45. The van der Waals surface area contributed by atoms with Crippen LogP contribution in [0.5, 0.6) is 11.5 Å². The van der Waals surface area contributed by atoms with Crippen LogP contribution in [0.1, 0.15) is 26.2 Å². The smallest absolute Gasteiger partial charge is 0.165 e. The number of nitrogen functional groups attached to an aromatic ring is 1. The molecule has 1 saturated heterocycles. The summed E-state index contributed by atoms with van der Waals surface area (Å²) >= 11 is 0. The lowest BCUT2D eigenvalue weighted by Gasteiger charge is -2.32. The summed E-state index contributed by atoms with van der Waals surface area (Å²) in [5.41, 5.74) is 6.48. The van der Waals surface area contributed by atoms with Crippen molar-refractivity contribution >= 4 is 5.69 Å². The molecule has 0 aromatic heterocycles. The van der Waals surface area contributed by atoms with Gasteiger partial charge in [-0.05, 0) is 31.9 Å². The third kappa shape index (κ3) is 3.07. The predicted molar refractivity (Wildman–Crippen MR) is 72.9 cm³/mol. The highest BCUT2D eigenvalue weighted by molar-refractivity contribution is 5.51. The first kappa shape index (κ1) is 13.0. The first-order valence-corrected chi connectivity index (χ1v) is 6.55. The van der Waals surface area contributed by atoms with E-state index in [0.717, 1.165) is 24.6 Å². The van der Waals surface area contributed by atoms with E-state index >= 15 is 0 Å². The van der Waals surface area contributed by atoms with E-state index < -0.39 is 0 Å². The van der Waals surface area contributed by atoms with Gasteiger partial charge in [-0.15, -0.1) is 0 Å². The van der Waals surface area contributed by atoms with Crippen LogP contribution in [-0.2, 0) is 0 Å². The van der Waals surface area contributed by atoms with Crippen molar-refractivity contribution in [2.45, 2.75) is 32.4 Å². The van der Waals surface area contributed by atoms with Gasteiger partial charge in [-0.2, -0.15) is 0 Å². The largest absolute Gasteiger partial charge is 0.493 e. The number of likely N-dealkylation sites (tertiary alicyclic amines) is 1. The van der Waals surface area contributed by atoms with Crippen LogP contribution in [0.2, 0.25) is 0 Å². The molecule has 2 N–H and O–H groups in total. The zero-order valence-electron chi connectivity index (χ0n) is 11.2. The van der Waals surface area contributed by atoms with Crippen molar-refractivity contribution in [1.82, 2.24) is 4.90 Å². The molecular formula is C14H22N2O2. The van der Waals surface area contributed by atoms with Crippen LogP contribution in [0, 0.1) is 0 Å². The molecule has 4 nitrogen and oxygen atoms in total. The van der Waals surface area contributed by atoms with Gasteiger partial charge in [0.2, 0.25) is 0 Å². The van der Waals surface area contributed by atoms with E-state index in [1.165, 1.54) is 19.3 Å². The Balaban J connectivity index is 2.05. The highest BCUT2D eigenvalue weighted by atomic mass is 16.5. The minimum Gasteiger partial charge on any atom is -0.493 e. The zero-order chi connectivity index (χ0) is 13.0. The summed E-state index contributed by atoms with van der Waals surface area (Å²) in [6.45, 7) is 4.28. The lowest BCUT2D eigenvalue weighted by atomic mass is 10.1. The summed E-state index contributed by atoms with van der Waals surface area (Å²) in [4.78, 5) is 2.35. The lowest BCUT2D eigenvalue weighted by Crippen LogP contribution is -2.40. The Labute approximate surface area is 109 Å². The predicted octanol–water partition coefficient (Wildman–Crippen LogP) is 2.49. The number of rotatable bonds is 4. The molecule has 0 amide bonds. The molecule has 1 fully saturated rings. The van der Waals surface area contributed by atoms with Crippen LogP contribution in [0.25, 0.3) is 0 Å². The molecule has 1 aliphatic heterocycles. The van der Waals surface area contributed by atoms with Crippen molar-refractivity contribution in [3.05, 3.63) is 18.2 Å². The topological polar surface area (TPSA) is 47.7 Å². The van der Waals surface area contributed by atoms with E-state index in [4.69, 9.17) is 15.2 Å². The van der Waals surface area contributed by atoms with Crippen LogP contribution in [-0.4, -0.2) is 31.3 Å². The maximum Gasteiger partial charge on any atom is 0.165 e. The third-order valence-corrected chi connectivity index (χ3v) is 3.39. The second kappa shape index (κ2) is 5.96. The molecule has 1 unspecified atom stereocenters. The second-order valence-corrected chi connectivity index (χ2v) is 4.72. The molecule has 1 atom stereocenters. The molecule has 0 spiro atoms. The van der Waals surface area contributed by atoms with Gasteiger partial charge in [0, 0.05) is 24.8 Å². The molecule has 1 heterocycles. The first-order chi connectivity index (χ1) is 8.70. The minimum absolute atomic E-state index is 0.0565. The molecule has 1 aliphatic rings. The Morgan fingerprint density at radius 1 is 1.17 bits per heavy atom. The Bertz CT molecular complexity index is 389. The number of benzene rings is 1. The maximum atomic E-state index is 5.98. The van der Waals surface area contributed by atoms with Crippen molar-refractivity contribution in [1.29, 1.82) is 0 Å². The van der Waals surface area contributed by atoms with Gasteiger partial charge in [-0.3, -0.25) is 4.90 Å². The molecule has 0 bridgehead atoms. The number of anilines is 1. The number of ether oxygens (including phenoxy) is 2. The number of hydrogen-bond donors (Lipinski definition) is 1. The third-order valence-electron chi connectivity index (χ3n) is 3.39. The molecule has 4 heteroatoms. The summed E-state index contributed by atoms with van der Waals surface area (Å²) in [6, 6.07) is 5.48. The van der Waals surface area contributed by atoms with Crippen molar-refractivity contribution in [3.63, 3.8) is 0 Å². The second-order valence-electron chi connectivity index (χ2n) is 4.72. The minimum atomic E-state index is 0.0565. The Morgan fingerprint density at radius 3 is 2.56 bits per heavy atom. The van der Waals surface area contributed by atoms with Crippen LogP contribution in [0.3, 0.4) is 0 Å². The molecule has 0 radical (unpaired) electrons. The fourth-order valence-electron chi connectivity index (χ4n) is 2.33. The first-order valence-electron chi connectivity index (χ1n) is 6.55. The van der Waals surface area contributed by atoms with E-state index in [2.05, 4.69) is 11.8 Å². The van der Waals surface area contributed by atoms with Crippen LogP contribution < -0.4 is 15.2 Å². The summed E-state index contributed by atoms with van der Waals surface area (Å²) in [6.07, 6.45) is 3.88. The lowest BCUT2D eigenvalue weighted by molar-refractivity contribution is 0.0245. The van der Waals surface area contributed by atoms with Crippen molar-refractivity contribution in [2.24, 2.45) is 0 Å². The normalized spacial score (nSPS) is 18.3. The summed E-state index contributed by atoms with van der Waals surface area (Å²) < 4.78 is 11.3. The molecule has 100 valence electrons. The summed E-state index contributed by atoms with van der Waals surface area (Å²) in [5, 5.41) is 0. The molecule has 1 aromatic carbocycles. The zero-order valence-corrected chi connectivity index (χ0v) is 11.2. The average Bonchev–Trinajstić information content (AvgIpc) is 2.40. The van der Waals surface area contributed by atoms with Crippen LogP contribution in [0.4, 0.5) is 5.69 Å². The van der Waals surface area contributed by atoms with Crippen LogP contribution in [0.15, 0.2) is 18.2 Å². The van der Waals surface area contributed by atoms with Crippen molar-refractivity contribution < 1.29 is 9.47 Å². The Morgan fingerprint density at radius 2 is 1.89 bits per heavy atom. The van der Waals surface area contributed by atoms with E-state index in [0.29, 0.717) is 5.69 Å².